The first kappa shape index (κ1) is 22.1. The largest absolute Gasteiger partial charge is 0.356 e. The van der Waals surface area contributed by atoms with Gasteiger partial charge in [-0.3, -0.25) is 24.4 Å². The fraction of sp³-hybridized carbons (Fsp3) is 0.577. The summed E-state index contributed by atoms with van der Waals surface area (Å²) >= 11 is 0. The van der Waals surface area contributed by atoms with E-state index >= 15 is 0 Å². The minimum atomic E-state index is -0.117. The predicted molar refractivity (Wildman–Crippen MR) is 128 cm³/mol. The zero-order valence-corrected chi connectivity index (χ0v) is 19.6. The van der Waals surface area contributed by atoms with E-state index in [9.17, 15) is 9.59 Å². The van der Waals surface area contributed by atoms with Crippen LogP contribution in [0.25, 0.3) is 0 Å². The lowest BCUT2D eigenvalue weighted by atomic mass is 9.85. The Kier molecular flexibility index (Phi) is 6.23. The molecule has 2 heterocycles. The molecule has 7 nitrogen and oxygen atoms in total. The van der Waals surface area contributed by atoms with Crippen LogP contribution in [0.5, 0.6) is 0 Å². The van der Waals surface area contributed by atoms with E-state index in [0.29, 0.717) is 25.0 Å². The summed E-state index contributed by atoms with van der Waals surface area (Å²) in [6, 6.07) is 11.2. The number of amides is 2. The Hall–Kier alpha value is -2.67. The van der Waals surface area contributed by atoms with Crippen molar-refractivity contribution in [2.75, 3.05) is 33.2 Å². The summed E-state index contributed by atoms with van der Waals surface area (Å²) in [4.78, 5) is 34.0. The maximum atomic E-state index is 12.8. The van der Waals surface area contributed by atoms with Crippen molar-refractivity contribution in [1.82, 2.24) is 20.4 Å². The Labute approximate surface area is 196 Å². The topological polar surface area (TPSA) is 77.0 Å². The van der Waals surface area contributed by atoms with Gasteiger partial charge in [0.1, 0.15) is 0 Å². The van der Waals surface area contributed by atoms with Gasteiger partial charge < -0.3 is 10.6 Å². The number of aliphatic imine (C=N–C) groups is 1. The average molecular weight is 450 g/mol. The zero-order chi connectivity index (χ0) is 22.9. The number of nitrogens with one attached hydrogen (secondary N) is 2. The summed E-state index contributed by atoms with van der Waals surface area (Å²) in [7, 11) is 1.76. The second kappa shape index (κ2) is 9.29. The van der Waals surface area contributed by atoms with Crippen LogP contribution in [-0.4, -0.2) is 66.8 Å². The minimum Gasteiger partial charge on any atom is -0.356 e. The molecule has 6 unspecified atom stereocenters. The van der Waals surface area contributed by atoms with Gasteiger partial charge in [-0.05, 0) is 43.1 Å². The van der Waals surface area contributed by atoms with Crippen LogP contribution >= 0.6 is 0 Å². The quantitative estimate of drug-likeness (QED) is 0.288. The average Bonchev–Trinajstić information content (AvgIpc) is 3.57. The second-order valence-corrected chi connectivity index (χ2v) is 10.1. The Bertz CT molecular complexity index is 915. The van der Waals surface area contributed by atoms with Gasteiger partial charge in [0.05, 0.1) is 11.8 Å². The number of guanidine groups is 1. The van der Waals surface area contributed by atoms with Gasteiger partial charge in [-0.2, -0.15) is 0 Å². The number of nitrogens with zero attached hydrogens (tertiary/aromatic N) is 3. The molecule has 2 bridgehead atoms. The lowest BCUT2D eigenvalue weighted by Gasteiger charge is -2.21. The van der Waals surface area contributed by atoms with Crippen LogP contribution in [0.2, 0.25) is 0 Å². The van der Waals surface area contributed by atoms with E-state index in [0.717, 1.165) is 38.4 Å². The van der Waals surface area contributed by atoms with Gasteiger partial charge >= 0.3 is 0 Å². The number of carbonyl (C=O) groups is 2. The van der Waals surface area contributed by atoms with Crippen LogP contribution in [0.3, 0.4) is 0 Å². The maximum Gasteiger partial charge on any atom is 0.233 e. The molecule has 33 heavy (non-hydrogen) atoms. The molecule has 1 saturated carbocycles. The monoisotopic (exact) mass is 449 g/mol. The molecule has 176 valence electrons. The molecular formula is C26H35N5O2. The van der Waals surface area contributed by atoms with Crippen molar-refractivity contribution in [2.24, 2.45) is 34.6 Å². The first-order chi connectivity index (χ1) is 16.0. The first-order valence-electron chi connectivity index (χ1n) is 12.3. The fourth-order valence-corrected chi connectivity index (χ4v) is 6.34. The summed E-state index contributed by atoms with van der Waals surface area (Å²) in [5.41, 5.74) is 1.36. The van der Waals surface area contributed by atoms with Crippen LogP contribution in [0, 0.1) is 29.6 Å². The third kappa shape index (κ3) is 4.31. The molecule has 5 rings (SSSR count). The molecule has 0 aromatic heterocycles. The molecule has 4 aliphatic rings. The van der Waals surface area contributed by atoms with E-state index in [4.69, 9.17) is 0 Å². The molecule has 2 aliphatic heterocycles. The molecule has 1 aromatic carbocycles. The maximum absolute atomic E-state index is 12.8. The molecule has 2 amide bonds. The van der Waals surface area contributed by atoms with E-state index in [-0.39, 0.29) is 35.5 Å². The van der Waals surface area contributed by atoms with Gasteiger partial charge in [-0.15, -0.1) is 0 Å². The Morgan fingerprint density at radius 2 is 1.73 bits per heavy atom. The molecular weight excluding hydrogens is 414 g/mol. The summed E-state index contributed by atoms with van der Waals surface area (Å²) in [5.74, 6) is 1.62. The third-order valence-corrected chi connectivity index (χ3v) is 7.99. The van der Waals surface area contributed by atoms with Crippen LogP contribution in [0.1, 0.15) is 25.3 Å². The molecule has 2 saturated heterocycles. The van der Waals surface area contributed by atoms with E-state index in [1.165, 1.54) is 10.5 Å². The summed E-state index contributed by atoms with van der Waals surface area (Å²) in [6.45, 7) is 6.13. The number of carbonyl (C=O) groups excluding carboxylic acids is 2. The van der Waals surface area contributed by atoms with E-state index in [1.54, 1.807) is 7.05 Å². The number of allylic oxidation sites excluding steroid dienone is 2. The standard InChI is InChI=1S/C26H35N5O2/c1-17-12-19(16-30(17)15-18-6-4-3-5-7-18)14-29-26(27-2)28-10-11-31-24(32)22-20-8-9-21(13-20)23(22)25(31)33/h3-9,17,19-23H,10-16H2,1-2H3,(H2,27,28,29). The molecule has 1 aromatic rings. The summed E-state index contributed by atoms with van der Waals surface area (Å²) in [5, 5.41) is 6.73. The number of hydrogen-bond donors (Lipinski definition) is 2. The van der Waals surface area contributed by atoms with Gasteiger partial charge in [-0.1, -0.05) is 42.5 Å². The van der Waals surface area contributed by atoms with Crippen molar-refractivity contribution >= 4 is 17.8 Å². The smallest absolute Gasteiger partial charge is 0.233 e. The van der Waals surface area contributed by atoms with Gasteiger partial charge in [0, 0.05) is 45.8 Å². The van der Waals surface area contributed by atoms with Crippen molar-refractivity contribution in [3.8, 4) is 0 Å². The fourth-order valence-electron chi connectivity index (χ4n) is 6.34. The number of imide groups is 1. The highest BCUT2D eigenvalue weighted by molar-refractivity contribution is 6.06. The molecule has 7 heteroatoms. The molecule has 0 spiro atoms. The Morgan fingerprint density at radius 1 is 1.03 bits per heavy atom. The van der Waals surface area contributed by atoms with Crippen LogP contribution < -0.4 is 10.6 Å². The van der Waals surface area contributed by atoms with Crippen LogP contribution in [0.15, 0.2) is 47.5 Å². The third-order valence-electron chi connectivity index (χ3n) is 7.99. The van der Waals surface area contributed by atoms with Crippen LogP contribution in [-0.2, 0) is 16.1 Å². The Morgan fingerprint density at radius 3 is 2.39 bits per heavy atom. The number of fused-ring (bicyclic) bond motifs is 5. The molecule has 0 radical (unpaired) electrons. The van der Waals surface area contributed by atoms with Crippen molar-refractivity contribution in [3.05, 3.63) is 48.0 Å². The lowest BCUT2D eigenvalue weighted by molar-refractivity contribution is -0.140. The second-order valence-electron chi connectivity index (χ2n) is 10.1. The number of rotatable bonds is 7. The van der Waals surface area contributed by atoms with Crippen molar-refractivity contribution in [1.29, 1.82) is 0 Å². The van der Waals surface area contributed by atoms with Crippen molar-refractivity contribution < 1.29 is 9.59 Å². The predicted octanol–water partition coefficient (Wildman–Crippen LogP) is 1.87. The highest BCUT2D eigenvalue weighted by atomic mass is 16.2. The highest BCUT2D eigenvalue weighted by Crippen LogP contribution is 2.52. The number of benzene rings is 1. The van der Waals surface area contributed by atoms with E-state index in [1.807, 2.05) is 0 Å². The minimum absolute atomic E-state index is 0.0186. The molecule has 2 N–H and O–H groups in total. The lowest BCUT2D eigenvalue weighted by Crippen LogP contribution is -2.44. The van der Waals surface area contributed by atoms with E-state index in [2.05, 4.69) is 69.9 Å². The SMILES string of the molecule is CN=C(NCCN1C(=O)C2C3C=CC(C3)C2C1=O)NCC1CC(C)N(Cc2ccccc2)C1. The zero-order valence-electron chi connectivity index (χ0n) is 19.6. The summed E-state index contributed by atoms with van der Waals surface area (Å²) < 4.78 is 0. The highest BCUT2D eigenvalue weighted by Gasteiger charge is 2.58. The molecule has 2 aliphatic carbocycles. The van der Waals surface area contributed by atoms with Gasteiger partial charge in [0.15, 0.2) is 5.96 Å². The van der Waals surface area contributed by atoms with Gasteiger partial charge in [0.25, 0.3) is 0 Å². The number of hydrogen-bond acceptors (Lipinski definition) is 4. The van der Waals surface area contributed by atoms with Gasteiger partial charge in [-0.25, -0.2) is 0 Å². The molecule has 6 atom stereocenters. The van der Waals surface area contributed by atoms with Crippen molar-refractivity contribution in [2.45, 2.75) is 32.4 Å². The molecule has 3 fully saturated rings. The number of likely N-dealkylation sites (tertiary alicyclic amines) is 2. The van der Waals surface area contributed by atoms with Crippen molar-refractivity contribution in [3.63, 3.8) is 0 Å². The van der Waals surface area contributed by atoms with Crippen LogP contribution in [0.4, 0.5) is 0 Å². The first-order valence-corrected chi connectivity index (χ1v) is 12.3. The Balaban J connectivity index is 1.06. The summed E-state index contributed by atoms with van der Waals surface area (Å²) in [6.07, 6.45) is 6.40. The normalized spacial score (nSPS) is 33.3. The van der Waals surface area contributed by atoms with E-state index < -0.39 is 0 Å². The van der Waals surface area contributed by atoms with Gasteiger partial charge in [0.2, 0.25) is 11.8 Å².